The molecule has 1 unspecified atom stereocenters. The lowest BCUT2D eigenvalue weighted by Crippen LogP contribution is -2.26. The number of aromatic nitrogens is 1. The van der Waals surface area contributed by atoms with Crippen molar-refractivity contribution in [3.8, 4) is 0 Å². The molecule has 0 aliphatic rings. The SMILES string of the molecule is Cc1cc(C(=O)C(C)N)cc(Cl)n1. The van der Waals surface area contributed by atoms with Crippen LogP contribution in [0.2, 0.25) is 5.15 Å². The minimum atomic E-state index is -0.502. The van der Waals surface area contributed by atoms with Gasteiger partial charge in [-0.2, -0.15) is 0 Å². The van der Waals surface area contributed by atoms with Crippen molar-refractivity contribution in [2.24, 2.45) is 5.73 Å². The standard InChI is InChI=1S/C9H11ClN2O/c1-5-3-7(4-8(10)12-5)9(13)6(2)11/h3-4,6H,11H2,1-2H3. The molecule has 2 N–H and O–H groups in total. The second kappa shape index (κ2) is 3.85. The highest BCUT2D eigenvalue weighted by Crippen LogP contribution is 2.11. The van der Waals surface area contributed by atoms with Gasteiger partial charge in [0.2, 0.25) is 0 Å². The average Bonchev–Trinajstić information content (AvgIpc) is 2.01. The molecule has 13 heavy (non-hydrogen) atoms. The molecule has 0 saturated heterocycles. The molecule has 1 rings (SSSR count). The monoisotopic (exact) mass is 198 g/mol. The number of carbonyl (C=O) groups excluding carboxylic acids is 1. The predicted octanol–water partition coefficient (Wildman–Crippen LogP) is 1.57. The van der Waals surface area contributed by atoms with Crippen LogP contribution in [0.15, 0.2) is 12.1 Å². The second-order valence-corrected chi connectivity index (χ2v) is 3.36. The molecule has 0 aliphatic heterocycles. The number of aryl methyl sites for hydroxylation is 1. The molecule has 0 amide bonds. The summed E-state index contributed by atoms with van der Waals surface area (Å²) in [6.07, 6.45) is 0. The Labute approximate surface area is 81.9 Å². The number of hydrogen-bond donors (Lipinski definition) is 1. The van der Waals surface area contributed by atoms with Crippen molar-refractivity contribution in [1.29, 1.82) is 0 Å². The first-order valence-corrected chi connectivity index (χ1v) is 4.32. The van der Waals surface area contributed by atoms with E-state index in [1.54, 1.807) is 19.9 Å². The lowest BCUT2D eigenvalue weighted by Gasteiger charge is -2.05. The van der Waals surface area contributed by atoms with Gasteiger partial charge in [0.05, 0.1) is 6.04 Å². The molecule has 70 valence electrons. The maximum absolute atomic E-state index is 11.4. The Kier molecular flexibility index (Phi) is 3.01. The van der Waals surface area contributed by atoms with Gasteiger partial charge in [0, 0.05) is 11.3 Å². The Hall–Kier alpha value is -0.930. The normalized spacial score (nSPS) is 12.6. The maximum Gasteiger partial charge on any atom is 0.179 e. The zero-order chi connectivity index (χ0) is 10.0. The summed E-state index contributed by atoms with van der Waals surface area (Å²) in [4.78, 5) is 15.4. The van der Waals surface area contributed by atoms with Crippen molar-refractivity contribution < 1.29 is 4.79 Å². The number of hydrogen-bond acceptors (Lipinski definition) is 3. The van der Waals surface area contributed by atoms with E-state index >= 15 is 0 Å². The number of Topliss-reactive ketones (excluding diaryl/α,β-unsaturated/α-hetero) is 1. The molecule has 0 saturated carbocycles. The first kappa shape index (κ1) is 10.2. The first-order valence-electron chi connectivity index (χ1n) is 3.94. The Bertz CT molecular complexity index is 316. The molecular weight excluding hydrogens is 188 g/mol. The van der Waals surface area contributed by atoms with E-state index in [-0.39, 0.29) is 5.78 Å². The molecule has 1 atom stereocenters. The third-order valence-corrected chi connectivity index (χ3v) is 1.81. The van der Waals surface area contributed by atoms with Gasteiger partial charge in [-0.25, -0.2) is 4.98 Å². The number of nitrogens with zero attached hydrogens (tertiary/aromatic N) is 1. The largest absolute Gasteiger partial charge is 0.321 e. The van der Waals surface area contributed by atoms with Crippen molar-refractivity contribution in [2.45, 2.75) is 19.9 Å². The quantitative estimate of drug-likeness (QED) is 0.580. The van der Waals surface area contributed by atoms with Crippen LogP contribution < -0.4 is 5.73 Å². The number of pyridine rings is 1. The fourth-order valence-corrected chi connectivity index (χ4v) is 1.28. The van der Waals surface area contributed by atoms with Gasteiger partial charge >= 0.3 is 0 Å². The van der Waals surface area contributed by atoms with Crippen LogP contribution in [0.3, 0.4) is 0 Å². The summed E-state index contributed by atoms with van der Waals surface area (Å²) >= 11 is 5.69. The summed E-state index contributed by atoms with van der Waals surface area (Å²) in [5.74, 6) is -0.118. The fraction of sp³-hybridized carbons (Fsp3) is 0.333. The van der Waals surface area contributed by atoms with Crippen molar-refractivity contribution >= 4 is 17.4 Å². The summed E-state index contributed by atoms with van der Waals surface area (Å²) in [7, 11) is 0. The maximum atomic E-state index is 11.4. The molecule has 4 heteroatoms. The molecule has 1 aromatic heterocycles. The third-order valence-electron chi connectivity index (χ3n) is 1.62. The van der Waals surface area contributed by atoms with Crippen LogP contribution in [0, 0.1) is 6.92 Å². The van der Waals surface area contributed by atoms with E-state index in [0.717, 1.165) is 5.69 Å². The van der Waals surface area contributed by atoms with Crippen LogP contribution >= 0.6 is 11.6 Å². The third kappa shape index (κ3) is 2.50. The second-order valence-electron chi connectivity index (χ2n) is 2.97. The van der Waals surface area contributed by atoms with Crippen molar-refractivity contribution in [1.82, 2.24) is 4.98 Å². The van der Waals surface area contributed by atoms with Gasteiger partial charge in [-0.15, -0.1) is 0 Å². The van der Waals surface area contributed by atoms with E-state index in [1.165, 1.54) is 6.07 Å². The molecular formula is C9H11ClN2O. The summed E-state index contributed by atoms with van der Waals surface area (Å²) in [5, 5.41) is 0.323. The molecule has 3 nitrogen and oxygen atoms in total. The minimum absolute atomic E-state index is 0.118. The molecule has 0 spiro atoms. The highest BCUT2D eigenvalue weighted by molar-refractivity contribution is 6.29. The van der Waals surface area contributed by atoms with E-state index in [0.29, 0.717) is 10.7 Å². The molecule has 0 aliphatic carbocycles. The highest BCUT2D eigenvalue weighted by atomic mass is 35.5. The Morgan fingerprint density at radius 3 is 2.69 bits per heavy atom. The van der Waals surface area contributed by atoms with Gasteiger partial charge < -0.3 is 5.73 Å². The lowest BCUT2D eigenvalue weighted by atomic mass is 10.1. The van der Waals surface area contributed by atoms with Crippen molar-refractivity contribution in [3.63, 3.8) is 0 Å². The molecule has 1 aromatic rings. The van der Waals surface area contributed by atoms with Crippen LogP contribution in [0.4, 0.5) is 0 Å². The van der Waals surface area contributed by atoms with Crippen molar-refractivity contribution in [3.05, 3.63) is 28.5 Å². The Morgan fingerprint density at radius 2 is 2.23 bits per heavy atom. The summed E-state index contributed by atoms with van der Waals surface area (Å²) in [5.41, 5.74) is 6.69. The topological polar surface area (TPSA) is 56.0 Å². The minimum Gasteiger partial charge on any atom is -0.321 e. The highest BCUT2D eigenvalue weighted by Gasteiger charge is 2.11. The number of ketones is 1. The smallest absolute Gasteiger partial charge is 0.179 e. The van der Waals surface area contributed by atoms with Crippen molar-refractivity contribution in [2.75, 3.05) is 0 Å². The molecule has 0 bridgehead atoms. The lowest BCUT2D eigenvalue weighted by molar-refractivity contribution is 0.0968. The van der Waals surface area contributed by atoms with Crippen LogP contribution in [-0.2, 0) is 0 Å². The van der Waals surface area contributed by atoms with Gasteiger partial charge in [0.1, 0.15) is 5.15 Å². The Balaban J connectivity index is 3.08. The fourth-order valence-electron chi connectivity index (χ4n) is 1.03. The van der Waals surface area contributed by atoms with E-state index < -0.39 is 6.04 Å². The van der Waals surface area contributed by atoms with E-state index in [9.17, 15) is 4.79 Å². The van der Waals surface area contributed by atoms with Gasteiger partial charge in [-0.05, 0) is 26.0 Å². The average molecular weight is 199 g/mol. The predicted molar refractivity (Wildman–Crippen MR) is 52.0 cm³/mol. The van der Waals surface area contributed by atoms with Gasteiger partial charge in [0.25, 0.3) is 0 Å². The van der Waals surface area contributed by atoms with E-state index in [2.05, 4.69) is 4.98 Å². The van der Waals surface area contributed by atoms with Gasteiger partial charge in [0.15, 0.2) is 5.78 Å². The number of rotatable bonds is 2. The zero-order valence-corrected chi connectivity index (χ0v) is 8.30. The summed E-state index contributed by atoms with van der Waals surface area (Å²) < 4.78 is 0. The van der Waals surface area contributed by atoms with E-state index in [1.807, 2.05) is 0 Å². The number of halogens is 1. The molecule has 1 heterocycles. The van der Waals surface area contributed by atoms with Gasteiger partial charge in [-0.3, -0.25) is 4.79 Å². The number of carbonyl (C=O) groups is 1. The van der Waals surface area contributed by atoms with Gasteiger partial charge in [-0.1, -0.05) is 11.6 Å². The zero-order valence-electron chi connectivity index (χ0n) is 7.54. The number of nitrogens with two attached hydrogens (primary N) is 1. The van der Waals surface area contributed by atoms with Crippen LogP contribution in [0.5, 0.6) is 0 Å². The van der Waals surface area contributed by atoms with Crippen LogP contribution in [0.1, 0.15) is 23.0 Å². The van der Waals surface area contributed by atoms with Crippen LogP contribution in [0.25, 0.3) is 0 Å². The summed E-state index contributed by atoms with van der Waals surface area (Å²) in [6.45, 7) is 3.43. The molecule has 0 radical (unpaired) electrons. The first-order chi connectivity index (χ1) is 6.00. The molecule has 0 aromatic carbocycles. The Morgan fingerprint density at radius 1 is 1.62 bits per heavy atom. The summed E-state index contributed by atoms with van der Waals surface area (Å²) in [6, 6.07) is 2.70. The molecule has 0 fully saturated rings. The van der Waals surface area contributed by atoms with Crippen LogP contribution in [-0.4, -0.2) is 16.8 Å². The van der Waals surface area contributed by atoms with E-state index in [4.69, 9.17) is 17.3 Å².